The first-order chi connectivity index (χ1) is 10.9. The van der Waals surface area contributed by atoms with Crippen molar-refractivity contribution in [1.82, 2.24) is 9.29 Å². The van der Waals surface area contributed by atoms with Crippen LogP contribution in [0.4, 0.5) is 0 Å². The highest BCUT2D eigenvalue weighted by atomic mass is 79.9. The third-order valence-corrected chi connectivity index (χ3v) is 6.70. The zero-order chi connectivity index (χ0) is 16.9. The van der Waals surface area contributed by atoms with E-state index in [1.807, 2.05) is 0 Å². The summed E-state index contributed by atoms with van der Waals surface area (Å²) < 4.78 is 32.3. The van der Waals surface area contributed by atoms with Crippen LogP contribution in [-0.4, -0.2) is 36.8 Å². The maximum Gasteiger partial charge on any atom is 0.321 e. The number of esters is 1. The van der Waals surface area contributed by atoms with Crippen molar-refractivity contribution in [3.63, 3.8) is 0 Å². The Bertz CT molecular complexity index is 762. The lowest BCUT2D eigenvalue weighted by atomic mass is 10.3. The number of hydrogen-bond acceptors (Lipinski definition) is 6. The van der Waals surface area contributed by atoms with Gasteiger partial charge in [-0.2, -0.15) is 4.31 Å². The zero-order valence-corrected chi connectivity index (χ0v) is 15.5. The van der Waals surface area contributed by atoms with Crippen molar-refractivity contribution in [2.45, 2.75) is 17.7 Å². The van der Waals surface area contributed by atoms with E-state index in [1.165, 1.54) is 6.07 Å². The second-order valence-electron chi connectivity index (χ2n) is 4.46. The van der Waals surface area contributed by atoms with E-state index < -0.39 is 16.0 Å². The molecule has 23 heavy (non-hydrogen) atoms. The summed E-state index contributed by atoms with van der Waals surface area (Å²) in [7, 11) is -3.81. The predicted octanol–water partition coefficient (Wildman–Crippen LogP) is 2.66. The Morgan fingerprint density at radius 3 is 2.70 bits per heavy atom. The van der Waals surface area contributed by atoms with Gasteiger partial charge in [0.15, 0.2) is 0 Å². The molecular formula is C14H15BrN2O4S2. The summed E-state index contributed by atoms with van der Waals surface area (Å²) in [5.41, 5.74) is 0.552. The van der Waals surface area contributed by atoms with Crippen LogP contribution in [0.2, 0.25) is 0 Å². The fourth-order valence-corrected chi connectivity index (χ4v) is 5.33. The lowest BCUT2D eigenvalue weighted by molar-refractivity contribution is -0.143. The molecule has 0 aliphatic heterocycles. The van der Waals surface area contributed by atoms with Crippen LogP contribution in [0.25, 0.3) is 0 Å². The van der Waals surface area contributed by atoms with Crippen molar-refractivity contribution in [1.29, 1.82) is 0 Å². The lowest BCUT2D eigenvalue weighted by Gasteiger charge is -2.20. The van der Waals surface area contributed by atoms with Crippen molar-refractivity contribution < 1.29 is 17.9 Å². The van der Waals surface area contributed by atoms with Crippen LogP contribution in [0.3, 0.4) is 0 Å². The van der Waals surface area contributed by atoms with Crippen LogP contribution in [-0.2, 0) is 26.1 Å². The monoisotopic (exact) mass is 418 g/mol. The minimum atomic E-state index is -3.81. The summed E-state index contributed by atoms with van der Waals surface area (Å²) in [6.45, 7) is 1.51. The highest BCUT2D eigenvalue weighted by molar-refractivity contribution is 9.11. The Morgan fingerprint density at radius 1 is 1.35 bits per heavy atom. The summed E-state index contributed by atoms with van der Waals surface area (Å²) in [6, 6.07) is 8.36. The minimum Gasteiger partial charge on any atom is -0.465 e. The largest absolute Gasteiger partial charge is 0.465 e. The van der Waals surface area contributed by atoms with E-state index in [0.717, 1.165) is 15.6 Å². The molecule has 0 unspecified atom stereocenters. The number of halogens is 1. The Balaban J connectivity index is 2.30. The van der Waals surface area contributed by atoms with Crippen molar-refractivity contribution >= 4 is 43.3 Å². The molecule has 0 aliphatic rings. The molecule has 2 aromatic heterocycles. The van der Waals surface area contributed by atoms with Crippen molar-refractivity contribution in [2.75, 3.05) is 13.2 Å². The summed E-state index contributed by atoms with van der Waals surface area (Å²) in [6.07, 6.45) is 1.58. The number of rotatable bonds is 7. The van der Waals surface area contributed by atoms with Gasteiger partial charge in [-0.1, -0.05) is 6.07 Å². The smallest absolute Gasteiger partial charge is 0.321 e. The first-order valence-electron chi connectivity index (χ1n) is 6.74. The SMILES string of the molecule is CCOC(=O)CN(Cc1ccccn1)S(=O)(=O)c1ccc(Br)s1. The van der Waals surface area contributed by atoms with Crippen molar-refractivity contribution in [3.05, 3.63) is 46.0 Å². The molecule has 124 valence electrons. The van der Waals surface area contributed by atoms with Crippen LogP contribution in [0.5, 0.6) is 0 Å². The number of carbonyl (C=O) groups is 1. The van der Waals surface area contributed by atoms with Gasteiger partial charge in [0.1, 0.15) is 10.8 Å². The summed E-state index contributed by atoms with van der Waals surface area (Å²) in [5.74, 6) is -0.595. The normalized spacial score (nSPS) is 11.6. The second kappa shape index (κ2) is 8.00. The number of thiophene rings is 1. The van der Waals surface area contributed by atoms with E-state index >= 15 is 0 Å². The third-order valence-electron chi connectivity index (χ3n) is 2.82. The fourth-order valence-electron chi connectivity index (χ4n) is 1.81. The number of sulfonamides is 1. The molecule has 0 fully saturated rings. The molecular weight excluding hydrogens is 404 g/mol. The van der Waals surface area contributed by atoms with E-state index in [-0.39, 0.29) is 23.9 Å². The number of nitrogens with zero attached hydrogens (tertiary/aromatic N) is 2. The third kappa shape index (κ3) is 4.84. The molecule has 0 radical (unpaired) electrons. The first-order valence-corrected chi connectivity index (χ1v) is 9.79. The fraction of sp³-hybridized carbons (Fsp3) is 0.286. The maximum atomic E-state index is 12.8. The van der Waals surface area contributed by atoms with Gasteiger partial charge >= 0.3 is 5.97 Å². The molecule has 0 saturated carbocycles. The standard InChI is InChI=1S/C14H15BrN2O4S2/c1-2-21-13(18)10-17(9-11-5-3-4-8-16-11)23(19,20)14-7-6-12(15)22-14/h3-8H,2,9-10H2,1H3. The van der Waals surface area contributed by atoms with E-state index in [2.05, 4.69) is 20.9 Å². The van der Waals surface area contributed by atoms with Gasteiger partial charge in [0.05, 0.1) is 22.6 Å². The molecule has 0 spiro atoms. The Labute approximate surface area is 147 Å². The molecule has 0 amide bonds. The molecule has 6 nitrogen and oxygen atoms in total. The molecule has 9 heteroatoms. The lowest BCUT2D eigenvalue weighted by Crippen LogP contribution is -2.36. The van der Waals surface area contributed by atoms with E-state index in [0.29, 0.717) is 9.48 Å². The van der Waals surface area contributed by atoms with E-state index in [9.17, 15) is 13.2 Å². The van der Waals surface area contributed by atoms with Crippen LogP contribution < -0.4 is 0 Å². The second-order valence-corrected chi connectivity index (χ2v) is 9.09. The highest BCUT2D eigenvalue weighted by Crippen LogP contribution is 2.29. The maximum absolute atomic E-state index is 12.8. The Hall–Kier alpha value is -1.29. The van der Waals surface area contributed by atoms with Gasteiger partial charge in [0.2, 0.25) is 0 Å². The highest BCUT2D eigenvalue weighted by Gasteiger charge is 2.29. The number of pyridine rings is 1. The molecule has 0 aliphatic carbocycles. The van der Waals surface area contributed by atoms with Crippen LogP contribution >= 0.6 is 27.3 Å². The molecule has 0 saturated heterocycles. The molecule has 0 N–H and O–H groups in total. The van der Waals surface area contributed by atoms with Gasteiger partial charge in [-0.15, -0.1) is 11.3 Å². The van der Waals surface area contributed by atoms with Crippen molar-refractivity contribution in [3.8, 4) is 0 Å². The van der Waals surface area contributed by atoms with Gasteiger partial charge in [0, 0.05) is 6.20 Å². The number of carbonyl (C=O) groups excluding carboxylic acids is 1. The Kier molecular flexibility index (Phi) is 6.28. The van der Waals surface area contributed by atoms with Gasteiger partial charge in [-0.25, -0.2) is 8.42 Å². The van der Waals surface area contributed by atoms with Crippen LogP contribution in [0.1, 0.15) is 12.6 Å². The number of hydrogen-bond donors (Lipinski definition) is 0. The van der Waals surface area contributed by atoms with Gasteiger partial charge in [-0.05, 0) is 47.1 Å². The Morgan fingerprint density at radius 2 is 2.13 bits per heavy atom. The van der Waals surface area contributed by atoms with E-state index in [4.69, 9.17) is 4.74 Å². The summed E-state index contributed by atoms with van der Waals surface area (Å²) in [4.78, 5) is 15.9. The molecule has 2 aromatic rings. The number of ether oxygens (including phenoxy) is 1. The molecule has 0 bridgehead atoms. The van der Waals surface area contributed by atoms with Gasteiger partial charge in [0.25, 0.3) is 10.0 Å². The average molecular weight is 419 g/mol. The first kappa shape index (κ1) is 18.1. The summed E-state index contributed by atoms with van der Waals surface area (Å²) in [5, 5.41) is 0. The quantitative estimate of drug-likeness (QED) is 0.645. The molecule has 0 atom stereocenters. The topological polar surface area (TPSA) is 76.6 Å². The van der Waals surface area contributed by atoms with Crippen LogP contribution in [0.15, 0.2) is 44.5 Å². The van der Waals surface area contributed by atoms with Crippen LogP contribution in [0, 0.1) is 0 Å². The average Bonchev–Trinajstić information content (AvgIpc) is 2.95. The van der Waals surface area contributed by atoms with Gasteiger partial charge in [-0.3, -0.25) is 9.78 Å². The minimum absolute atomic E-state index is 0.00247. The predicted molar refractivity (Wildman–Crippen MR) is 90.5 cm³/mol. The summed E-state index contributed by atoms with van der Waals surface area (Å²) >= 11 is 4.34. The molecule has 2 heterocycles. The molecule has 0 aromatic carbocycles. The van der Waals surface area contributed by atoms with Crippen molar-refractivity contribution in [2.24, 2.45) is 0 Å². The van der Waals surface area contributed by atoms with Gasteiger partial charge < -0.3 is 4.74 Å². The van der Waals surface area contributed by atoms with E-state index in [1.54, 1.807) is 37.4 Å². The zero-order valence-electron chi connectivity index (χ0n) is 12.3. The molecule has 2 rings (SSSR count). The number of aromatic nitrogens is 1.